The molecule has 0 aliphatic rings. The van der Waals surface area contributed by atoms with Gasteiger partial charge in [-0.3, -0.25) is 4.98 Å². The van der Waals surface area contributed by atoms with Crippen LogP contribution >= 0.6 is 0 Å². The van der Waals surface area contributed by atoms with Gasteiger partial charge in [-0.15, -0.1) is 0 Å². The van der Waals surface area contributed by atoms with E-state index < -0.39 is 5.69 Å². The number of nitrogens with zero attached hydrogens (tertiary/aromatic N) is 2. The van der Waals surface area contributed by atoms with E-state index in [1.807, 2.05) is 54.6 Å². The average Bonchev–Trinajstić information content (AvgIpc) is 2.62. The third-order valence-corrected chi connectivity index (χ3v) is 3.85. The molecule has 2 heterocycles. The Morgan fingerprint density at radius 2 is 1.76 bits per heavy atom. The second kappa shape index (κ2) is 6.09. The molecule has 0 radical (unpaired) electrons. The molecule has 0 bridgehead atoms. The maximum atomic E-state index is 11.8. The Kier molecular flexibility index (Phi) is 3.63. The molecule has 122 valence electrons. The largest absolute Gasteiger partial charge is 0.399 e. The molecule has 0 amide bonds. The summed E-state index contributed by atoms with van der Waals surface area (Å²) in [5, 5.41) is 3.99. The fourth-order valence-corrected chi connectivity index (χ4v) is 2.72. The quantitative estimate of drug-likeness (QED) is 0.501. The number of hydrogen-bond acceptors (Lipinski definition) is 5. The molecule has 6 nitrogen and oxygen atoms in total. The third kappa shape index (κ3) is 3.05. The van der Waals surface area contributed by atoms with Crippen molar-refractivity contribution in [3.63, 3.8) is 0 Å². The van der Waals surface area contributed by atoms with Gasteiger partial charge in [0.2, 0.25) is 0 Å². The van der Waals surface area contributed by atoms with Crippen molar-refractivity contribution in [1.29, 1.82) is 0 Å². The van der Waals surface area contributed by atoms with Gasteiger partial charge in [-0.25, -0.2) is 9.78 Å². The van der Waals surface area contributed by atoms with Crippen LogP contribution in [0.2, 0.25) is 0 Å². The lowest BCUT2D eigenvalue weighted by Gasteiger charge is -2.10. The van der Waals surface area contributed by atoms with Crippen LogP contribution in [0.5, 0.6) is 0 Å². The van der Waals surface area contributed by atoms with Crippen molar-refractivity contribution < 1.29 is 0 Å². The fraction of sp³-hybridized carbons (Fsp3) is 0. The summed E-state index contributed by atoms with van der Waals surface area (Å²) in [6.07, 6.45) is 1.61. The smallest absolute Gasteiger partial charge is 0.348 e. The highest BCUT2D eigenvalue weighted by Crippen LogP contribution is 2.26. The Morgan fingerprint density at radius 1 is 0.960 bits per heavy atom. The summed E-state index contributed by atoms with van der Waals surface area (Å²) in [5.41, 5.74) is 9.43. The van der Waals surface area contributed by atoms with Gasteiger partial charge in [0, 0.05) is 17.6 Å². The zero-order valence-electron chi connectivity index (χ0n) is 13.2. The van der Waals surface area contributed by atoms with Crippen LogP contribution in [-0.2, 0) is 0 Å². The van der Waals surface area contributed by atoms with E-state index in [4.69, 9.17) is 5.73 Å². The molecule has 0 aliphatic heterocycles. The second-order valence-corrected chi connectivity index (χ2v) is 5.62. The SMILES string of the molecule is Nc1cccc(-c2cccc(Nc3[nH]c(=O)nc4ncccc34)c2)c1. The minimum absolute atomic E-state index is 0.403. The van der Waals surface area contributed by atoms with Gasteiger partial charge in [0.05, 0.1) is 5.39 Å². The Hall–Kier alpha value is -3.67. The number of hydrogen-bond donors (Lipinski definition) is 3. The first-order chi connectivity index (χ1) is 12.2. The number of pyridine rings is 1. The summed E-state index contributed by atoms with van der Waals surface area (Å²) in [7, 11) is 0. The number of nitrogen functional groups attached to an aromatic ring is 1. The molecule has 0 atom stereocenters. The van der Waals surface area contributed by atoms with Crippen LogP contribution in [0.3, 0.4) is 0 Å². The van der Waals surface area contributed by atoms with E-state index in [0.29, 0.717) is 17.2 Å². The van der Waals surface area contributed by atoms with Crippen molar-refractivity contribution in [2.45, 2.75) is 0 Å². The molecule has 0 saturated carbocycles. The van der Waals surface area contributed by atoms with Gasteiger partial charge in [-0.1, -0.05) is 24.3 Å². The topological polar surface area (TPSA) is 96.7 Å². The molecule has 2 aromatic carbocycles. The van der Waals surface area contributed by atoms with E-state index in [1.165, 1.54) is 0 Å². The first-order valence-corrected chi connectivity index (χ1v) is 7.77. The molecule has 4 N–H and O–H groups in total. The van der Waals surface area contributed by atoms with Gasteiger partial charge >= 0.3 is 5.69 Å². The lowest BCUT2D eigenvalue weighted by Crippen LogP contribution is -2.13. The third-order valence-electron chi connectivity index (χ3n) is 3.85. The normalized spacial score (nSPS) is 10.7. The number of fused-ring (bicyclic) bond motifs is 1. The average molecular weight is 329 g/mol. The molecule has 4 aromatic rings. The van der Waals surface area contributed by atoms with Gasteiger partial charge < -0.3 is 11.1 Å². The molecule has 0 spiro atoms. The summed E-state index contributed by atoms with van der Waals surface area (Å²) in [6.45, 7) is 0. The molecule has 6 heteroatoms. The molecule has 0 aliphatic carbocycles. The van der Waals surface area contributed by atoms with Gasteiger partial charge in [-0.05, 0) is 47.5 Å². The Labute approximate surface area is 143 Å². The standard InChI is InChI=1S/C19H15N5O/c20-14-6-1-4-12(10-14)13-5-2-7-15(11-13)22-18-16-8-3-9-21-17(16)23-19(25)24-18/h1-11H,20H2,(H2,21,22,23,24,25). The van der Waals surface area contributed by atoms with E-state index >= 15 is 0 Å². The predicted octanol–water partition coefficient (Wildman–Crippen LogP) is 3.31. The van der Waals surface area contributed by atoms with E-state index in [2.05, 4.69) is 20.3 Å². The van der Waals surface area contributed by atoms with Crippen molar-refractivity contribution in [3.05, 3.63) is 77.3 Å². The lowest BCUT2D eigenvalue weighted by molar-refractivity contribution is 1.10. The number of anilines is 3. The van der Waals surface area contributed by atoms with Crippen LogP contribution in [0.1, 0.15) is 0 Å². The number of benzene rings is 2. The number of nitrogens with two attached hydrogens (primary N) is 1. The summed E-state index contributed by atoms with van der Waals surface area (Å²) in [5.74, 6) is 0.563. The Bertz CT molecular complexity index is 1120. The highest BCUT2D eigenvalue weighted by Gasteiger charge is 2.06. The lowest BCUT2D eigenvalue weighted by atomic mass is 10.0. The molecule has 4 rings (SSSR count). The monoisotopic (exact) mass is 329 g/mol. The minimum atomic E-state index is -0.444. The summed E-state index contributed by atoms with van der Waals surface area (Å²) < 4.78 is 0. The summed E-state index contributed by atoms with van der Waals surface area (Å²) >= 11 is 0. The van der Waals surface area contributed by atoms with E-state index in [-0.39, 0.29) is 0 Å². The Balaban J connectivity index is 1.75. The molecule has 25 heavy (non-hydrogen) atoms. The molecular weight excluding hydrogens is 314 g/mol. The van der Waals surface area contributed by atoms with E-state index in [0.717, 1.165) is 22.2 Å². The first kappa shape index (κ1) is 14.9. The van der Waals surface area contributed by atoms with Crippen LogP contribution in [0.25, 0.3) is 22.2 Å². The fourth-order valence-electron chi connectivity index (χ4n) is 2.72. The van der Waals surface area contributed by atoms with Crippen molar-refractivity contribution in [2.75, 3.05) is 11.1 Å². The molecule has 0 fully saturated rings. The predicted molar refractivity (Wildman–Crippen MR) is 99.7 cm³/mol. The number of rotatable bonds is 3. The van der Waals surface area contributed by atoms with Crippen LogP contribution in [-0.4, -0.2) is 15.0 Å². The van der Waals surface area contributed by atoms with Crippen LogP contribution in [0.15, 0.2) is 71.7 Å². The van der Waals surface area contributed by atoms with Crippen LogP contribution in [0, 0.1) is 0 Å². The Morgan fingerprint density at radius 3 is 2.60 bits per heavy atom. The maximum absolute atomic E-state index is 11.8. The molecule has 0 unspecified atom stereocenters. The van der Waals surface area contributed by atoms with Crippen LogP contribution < -0.4 is 16.7 Å². The molecular formula is C19H15N5O. The van der Waals surface area contributed by atoms with Crippen molar-refractivity contribution >= 4 is 28.2 Å². The van der Waals surface area contributed by atoms with Gasteiger partial charge in [0.25, 0.3) is 0 Å². The maximum Gasteiger partial charge on any atom is 0.348 e. The van der Waals surface area contributed by atoms with Crippen molar-refractivity contribution in [1.82, 2.24) is 15.0 Å². The van der Waals surface area contributed by atoms with Gasteiger partial charge in [0.15, 0.2) is 5.65 Å². The summed E-state index contributed by atoms with van der Waals surface area (Å²) in [4.78, 5) is 22.5. The zero-order chi connectivity index (χ0) is 17.2. The van der Waals surface area contributed by atoms with Crippen LogP contribution in [0.4, 0.5) is 17.2 Å². The molecule has 0 saturated heterocycles. The van der Waals surface area contributed by atoms with E-state index in [9.17, 15) is 4.79 Å². The second-order valence-electron chi connectivity index (χ2n) is 5.62. The number of aromatic nitrogens is 3. The number of aromatic amines is 1. The number of H-pyrrole nitrogens is 1. The van der Waals surface area contributed by atoms with Gasteiger partial charge in [-0.2, -0.15) is 4.98 Å². The van der Waals surface area contributed by atoms with Crippen molar-refractivity contribution in [2.24, 2.45) is 0 Å². The van der Waals surface area contributed by atoms with Crippen molar-refractivity contribution in [3.8, 4) is 11.1 Å². The number of nitrogens with one attached hydrogen (secondary N) is 2. The zero-order valence-corrected chi connectivity index (χ0v) is 13.2. The highest BCUT2D eigenvalue weighted by atomic mass is 16.1. The minimum Gasteiger partial charge on any atom is -0.399 e. The van der Waals surface area contributed by atoms with E-state index in [1.54, 1.807) is 12.3 Å². The molecule has 2 aromatic heterocycles. The summed E-state index contributed by atoms with van der Waals surface area (Å²) in [6, 6.07) is 19.2. The van der Waals surface area contributed by atoms with Gasteiger partial charge in [0.1, 0.15) is 5.82 Å². The first-order valence-electron chi connectivity index (χ1n) is 7.77. The highest BCUT2D eigenvalue weighted by molar-refractivity contribution is 5.88.